The van der Waals surface area contributed by atoms with Crippen molar-refractivity contribution in [1.82, 2.24) is 4.90 Å². The molecule has 106 valence electrons. The fourth-order valence-corrected chi connectivity index (χ4v) is 2.39. The SMILES string of the molecule is CN(Cc1ccccc1F)CC(C)(O)c1ccccc1. The fourth-order valence-electron chi connectivity index (χ4n) is 2.39. The number of nitrogens with zero attached hydrogens (tertiary/aromatic N) is 1. The third-order valence-electron chi connectivity index (χ3n) is 3.37. The quantitative estimate of drug-likeness (QED) is 0.904. The van der Waals surface area contributed by atoms with Gasteiger partial charge in [-0.3, -0.25) is 4.90 Å². The van der Waals surface area contributed by atoms with Gasteiger partial charge in [0.15, 0.2) is 0 Å². The zero-order valence-electron chi connectivity index (χ0n) is 11.9. The van der Waals surface area contributed by atoms with Crippen molar-refractivity contribution in [3.8, 4) is 0 Å². The van der Waals surface area contributed by atoms with Crippen molar-refractivity contribution < 1.29 is 9.50 Å². The maximum atomic E-state index is 13.6. The molecule has 0 bridgehead atoms. The molecule has 3 heteroatoms. The van der Waals surface area contributed by atoms with E-state index in [4.69, 9.17) is 0 Å². The van der Waals surface area contributed by atoms with Crippen LogP contribution in [0.3, 0.4) is 0 Å². The van der Waals surface area contributed by atoms with E-state index >= 15 is 0 Å². The molecule has 2 aromatic carbocycles. The standard InChI is InChI=1S/C17H20FNO/c1-17(20,15-9-4-3-5-10-15)13-19(2)12-14-8-6-7-11-16(14)18/h3-11,20H,12-13H2,1-2H3. The van der Waals surface area contributed by atoms with E-state index in [1.165, 1.54) is 6.07 Å². The number of hydrogen-bond donors (Lipinski definition) is 1. The van der Waals surface area contributed by atoms with Crippen LogP contribution in [0.4, 0.5) is 4.39 Å². The van der Waals surface area contributed by atoms with E-state index in [1.54, 1.807) is 19.1 Å². The first-order valence-corrected chi connectivity index (χ1v) is 6.69. The van der Waals surface area contributed by atoms with Gasteiger partial charge in [-0.05, 0) is 25.6 Å². The summed E-state index contributed by atoms with van der Waals surface area (Å²) < 4.78 is 13.6. The Labute approximate surface area is 119 Å². The molecule has 1 N–H and O–H groups in total. The molecule has 0 saturated carbocycles. The summed E-state index contributed by atoms with van der Waals surface area (Å²) in [5, 5.41) is 10.6. The summed E-state index contributed by atoms with van der Waals surface area (Å²) >= 11 is 0. The van der Waals surface area contributed by atoms with Crippen LogP contribution in [-0.2, 0) is 12.1 Å². The minimum Gasteiger partial charge on any atom is -0.384 e. The highest BCUT2D eigenvalue weighted by Gasteiger charge is 2.24. The van der Waals surface area contributed by atoms with Crippen LogP contribution in [0.1, 0.15) is 18.1 Å². The normalized spacial score (nSPS) is 14.2. The van der Waals surface area contributed by atoms with E-state index in [1.807, 2.05) is 48.3 Å². The van der Waals surface area contributed by atoms with Crippen molar-refractivity contribution in [3.63, 3.8) is 0 Å². The van der Waals surface area contributed by atoms with Crippen molar-refractivity contribution >= 4 is 0 Å². The molecule has 0 aromatic heterocycles. The summed E-state index contributed by atoms with van der Waals surface area (Å²) in [5.74, 6) is -0.210. The summed E-state index contributed by atoms with van der Waals surface area (Å²) in [5.41, 5.74) is 0.542. The molecule has 0 amide bonds. The third kappa shape index (κ3) is 3.65. The summed E-state index contributed by atoms with van der Waals surface area (Å²) in [4.78, 5) is 1.92. The van der Waals surface area contributed by atoms with E-state index in [2.05, 4.69) is 0 Å². The van der Waals surface area contributed by atoms with Gasteiger partial charge in [-0.15, -0.1) is 0 Å². The molecule has 0 heterocycles. The van der Waals surface area contributed by atoms with Gasteiger partial charge < -0.3 is 5.11 Å². The number of hydrogen-bond acceptors (Lipinski definition) is 2. The molecule has 1 unspecified atom stereocenters. The fraction of sp³-hybridized carbons (Fsp3) is 0.294. The number of rotatable bonds is 5. The van der Waals surface area contributed by atoms with Gasteiger partial charge in [-0.25, -0.2) is 4.39 Å². The number of halogens is 1. The van der Waals surface area contributed by atoms with Crippen molar-refractivity contribution in [2.75, 3.05) is 13.6 Å². The Balaban J connectivity index is 2.04. The Bertz CT molecular complexity index is 554. The van der Waals surface area contributed by atoms with Gasteiger partial charge in [-0.1, -0.05) is 48.5 Å². The monoisotopic (exact) mass is 273 g/mol. The van der Waals surface area contributed by atoms with Gasteiger partial charge in [0.1, 0.15) is 5.82 Å². The minimum absolute atomic E-state index is 0.210. The third-order valence-corrected chi connectivity index (χ3v) is 3.37. The van der Waals surface area contributed by atoms with Gasteiger partial charge in [-0.2, -0.15) is 0 Å². The lowest BCUT2D eigenvalue weighted by Crippen LogP contribution is -2.36. The van der Waals surface area contributed by atoms with Gasteiger partial charge in [0.25, 0.3) is 0 Å². The summed E-state index contributed by atoms with van der Waals surface area (Å²) in [7, 11) is 1.88. The molecule has 20 heavy (non-hydrogen) atoms. The zero-order chi connectivity index (χ0) is 14.6. The van der Waals surface area contributed by atoms with Gasteiger partial charge in [0.2, 0.25) is 0 Å². The average Bonchev–Trinajstić information content (AvgIpc) is 2.42. The van der Waals surface area contributed by atoms with E-state index < -0.39 is 5.60 Å². The molecular weight excluding hydrogens is 253 g/mol. The molecule has 0 aliphatic rings. The maximum absolute atomic E-state index is 13.6. The van der Waals surface area contributed by atoms with Crippen molar-refractivity contribution in [2.24, 2.45) is 0 Å². The van der Waals surface area contributed by atoms with Crippen LogP contribution < -0.4 is 0 Å². The maximum Gasteiger partial charge on any atom is 0.127 e. The Morgan fingerprint density at radius 3 is 2.30 bits per heavy atom. The molecule has 2 nitrogen and oxygen atoms in total. The van der Waals surface area contributed by atoms with Crippen LogP contribution in [0.2, 0.25) is 0 Å². The largest absolute Gasteiger partial charge is 0.384 e. The molecule has 1 atom stereocenters. The van der Waals surface area contributed by atoms with Crippen molar-refractivity contribution in [1.29, 1.82) is 0 Å². The Hall–Kier alpha value is -1.71. The number of aliphatic hydroxyl groups is 1. The highest BCUT2D eigenvalue weighted by molar-refractivity contribution is 5.22. The second-order valence-electron chi connectivity index (χ2n) is 5.40. The average molecular weight is 273 g/mol. The molecule has 0 aliphatic carbocycles. The molecule has 2 rings (SSSR count). The minimum atomic E-state index is -0.957. The van der Waals surface area contributed by atoms with Gasteiger partial charge in [0, 0.05) is 18.7 Å². The smallest absolute Gasteiger partial charge is 0.127 e. The van der Waals surface area contributed by atoms with Crippen LogP contribution in [0.15, 0.2) is 54.6 Å². The molecular formula is C17H20FNO. The number of likely N-dealkylation sites (N-methyl/N-ethyl adjacent to an activating group) is 1. The first-order chi connectivity index (χ1) is 9.49. The highest BCUT2D eigenvalue weighted by Crippen LogP contribution is 2.22. The summed E-state index contributed by atoms with van der Waals surface area (Å²) in [6.45, 7) is 2.68. The van der Waals surface area contributed by atoms with Crippen LogP contribution in [0.25, 0.3) is 0 Å². The second-order valence-corrected chi connectivity index (χ2v) is 5.40. The predicted octanol–water partition coefficient (Wildman–Crippen LogP) is 3.17. The molecule has 0 aliphatic heterocycles. The van der Waals surface area contributed by atoms with E-state index in [-0.39, 0.29) is 5.82 Å². The zero-order valence-corrected chi connectivity index (χ0v) is 11.9. The van der Waals surface area contributed by atoms with Crippen LogP contribution >= 0.6 is 0 Å². The Morgan fingerprint density at radius 2 is 1.65 bits per heavy atom. The lowest BCUT2D eigenvalue weighted by molar-refractivity contribution is 0.0211. The number of benzene rings is 2. The molecule has 0 spiro atoms. The summed E-state index contributed by atoms with van der Waals surface area (Å²) in [6.07, 6.45) is 0. The first-order valence-electron chi connectivity index (χ1n) is 6.69. The Kier molecular flexibility index (Phi) is 4.53. The van der Waals surface area contributed by atoms with Gasteiger partial charge in [0.05, 0.1) is 5.60 Å². The van der Waals surface area contributed by atoms with Crippen molar-refractivity contribution in [3.05, 3.63) is 71.5 Å². The first kappa shape index (κ1) is 14.7. The lowest BCUT2D eigenvalue weighted by Gasteiger charge is -2.29. The van der Waals surface area contributed by atoms with Crippen LogP contribution in [0, 0.1) is 5.82 Å². The van der Waals surface area contributed by atoms with E-state index in [9.17, 15) is 9.50 Å². The van der Waals surface area contributed by atoms with Crippen LogP contribution in [0.5, 0.6) is 0 Å². The van der Waals surface area contributed by atoms with E-state index in [0.29, 0.717) is 18.7 Å². The van der Waals surface area contributed by atoms with Crippen molar-refractivity contribution in [2.45, 2.75) is 19.1 Å². The Morgan fingerprint density at radius 1 is 1.05 bits per heavy atom. The van der Waals surface area contributed by atoms with Crippen LogP contribution in [-0.4, -0.2) is 23.6 Å². The molecule has 0 saturated heterocycles. The van der Waals surface area contributed by atoms with E-state index in [0.717, 1.165) is 5.56 Å². The second kappa shape index (κ2) is 6.16. The molecule has 0 radical (unpaired) electrons. The van der Waals surface area contributed by atoms with Gasteiger partial charge >= 0.3 is 0 Å². The summed E-state index contributed by atoms with van der Waals surface area (Å²) in [6, 6.07) is 16.2. The predicted molar refractivity (Wildman–Crippen MR) is 78.7 cm³/mol. The topological polar surface area (TPSA) is 23.5 Å². The lowest BCUT2D eigenvalue weighted by atomic mass is 9.95. The molecule has 0 fully saturated rings. The molecule has 2 aromatic rings. The highest BCUT2D eigenvalue weighted by atomic mass is 19.1.